The molecule has 0 bridgehead atoms. The molecule has 0 saturated heterocycles. The van der Waals surface area contributed by atoms with Gasteiger partial charge >= 0.3 is 11.9 Å². The van der Waals surface area contributed by atoms with E-state index < -0.39 is 21.8 Å². The van der Waals surface area contributed by atoms with Gasteiger partial charge < -0.3 is 18.9 Å². The van der Waals surface area contributed by atoms with E-state index in [0.717, 1.165) is 11.5 Å². The fourth-order valence-corrected chi connectivity index (χ4v) is 5.56. The predicted octanol–water partition coefficient (Wildman–Crippen LogP) is 6.13. The van der Waals surface area contributed by atoms with Crippen molar-refractivity contribution in [2.75, 3.05) is 14.2 Å². The van der Waals surface area contributed by atoms with E-state index in [-0.39, 0.29) is 32.4 Å². The number of hydrogen-bond donors (Lipinski definition) is 0. The van der Waals surface area contributed by atoms with Gasteiger partial charge in [-0.25, -0.2) is 18.0 Å². The van der Waals surface area contributed by atoms with Crippen LogP contribution in [0.15, 0.2) is 119 Å². The maximum atomic E-state index is 13.9. The first-order chi connectivity index (χ1) is 19.8. The van der Waals surface area contributed by atoms with Crippen molar-refractivity contribution in [1.29, 1.82) is 0 Å². The molecule has 0 aromatic heterocycles. The molecule has 0 fully saturated rings. The Balaban J connectivity index is 1.55. The molecular weight excluding hydrogens is 544 g/mol. The monoisotopic (exact) mass is 568 g/mol. The molecule has 0 saturated carbocycles. The van der Waals surface area contributed by atoms with E-state index in [4.69, 9.17) is 18.9 Å². The largest absolute Gasteiger partial charge is 0.497 e. The number of fused-ring (bicyclic) bond motifs is 1. The first-order valence-corrected chi connectivity index (χ1v) is 13.9. The Labute approximate surface area is 236 Å². The van der Waals surface area contributed by atoms with Crippen LogP contribution in [0.4, 0.5) is 0 Å². The van der Waals surface area contributed by atoms with Crippen LogP contribution in [-0.4, -0.2) is 34.6 Å². The third kappa shape index (κ3) is 5.90. The highest BCUT2D eigenvalue weighted by Gasteiger charge is 2.26. The number of esters is 2. The highest BCUT2D eigenvalue weighted by molar-refractivity contribution is 7.91. The first kappa shape index (κ1) is 27.4. The molecule has 0 spiro atoms. The van der Waals surface area contributed by atoms with Gasteiger partial charge in [0, 0.05) is 6.07 Å². The summed E-state index contributed by atoms with van der Waals surface area (Å²) in [6.45, 7) is 0. The van der Waals surface area contributed by atoms with Crippen molar-refractivity contribution >= 4 is 32.5 Å². The molecule has 0 unspecified atom stereocenters. The number of sulfone groups is 1. The molecule has 5 aromatic carbocycles. The normalized spacial score (nSPS) is 11.1. The van der Waals surface area contributed by atoms with Gasteiger partial charge in [-0.05, 0) is 71.4 Å². The van der Waals surface area contributed by atoms with Gasteiger partial charge in [-0.2, -0.15) is 0 Å². The van der Waals surface area contributed by atoms with Crippen molar-refractivity contribution in [2.24, 2.45) is 0 Å². The molecule has 0 amide bonds. The highest BCUT2D eigenvalue weighted by Crippen LogP contribution is 2.35. The third-order valence-corrected chi connectivity index (χ3v) is 8.03. The van der Waals surface area contributed by atoms with E-state index in [1.165, 1.54) is 56.7 Å². The Bertz CT molecular complexity index is 1880. The van der Waals surface area contributed by atoms with E-state index in [0.29, 0.717) is 16.9 Å². The number of rotatable bonds is 8. The summed E-state index contributed by atoms with van der Waals surface area (Å²) in [7, 11) is -1.31. The topological polar surface area (TPSA) is 105 Å². The average Bonchev–Trinajstić information content (AvgIpc) is 3.01. The summed E-state index contributed by atoms with van der Waals surface area (Å²) < 4.78 is 49.3. The van der Waals surface area contributed by atoms with E-state index in [1.54, 1.807) is 48.5 Å². The van der Waals surface area contributed by atoms with Crippen LogP contribution >= 0.6 is 0 Å². The van der Waals surface area contributed by atoms with Crippen molar-refractivity contribution in [3.05, 3.63) is 120 Å². The van der Waals surface area contributed by atoms with E-state index in [1.807, 2.05) is 12.1 Å². The van der Waals surface area contributed by atoms with Crippen LogP contribution in [0.2, 0.25) is 0 Å². The van der Waals surface area contributed by atoms with E-state index >= 15 is 0 Å². The maximum absolute atomic E-state index is 13.9. The Hall–Kier alpha value is -5.15. The highest BCUT2D eigenvalue weighted by atomic mass is 32.2. The zero-order valence-corrected chi connectivity index (χ0v) is 22.9. The lowest BCUT2D eigenvalue weighted by molar-refractivity contribution is 0.0715. The minimum absolute atomic E-state index is 0.0221. The van der Waals surface area contributed by atoms with Crippen LogP contribution in [0, 0.1) is 0 Å². The lowest BCUT2D eigenvalue weighted by Crippen LogP contribution is -2.13. The number of benzene rings is 5. The minimum Gasteiger partial charge on any atom is -0.497 e. The predicted molar refractivity (Wildman–Crippen MR) is 152 cm³/mol. The quantitative estimate of drug-likeness (QED) is 0.163. The molecule has 0 aliphatic heterocycles. The molecule has 8 nitrogen and oxygen atoms in total. The van der Waals surface area contributed by atoms with Crippen molar-refractivity contribution in [3.8, 4) is 23.0 Å². The van der Waals surface area contributed by atoms with Gasteiger partial charge in [0.15, 0.2) is 5.75 Å². The van der Waals surface area contributed by atoms with Crippen molar-refractivity contribution in [3.63, 3.8) is 0 Å². The zero-order chi connectivity index (χ0) is 29.0. The standard InChI is InChI=1S/C32H24O8S/c1-37-25-11-5-9-23(17-25)31(33)39-27-14-16-29(40-32(34)24-10-6-12-26(18-24)38-2)30(20-27)41(35,36)28-15-13-21-7-3-4-8-22(21)19-28/h3-20H,1-2H3. The fraction of sp³-hybridized carbons (Fsp3) is 0.0625. The van der Waals surface area contributed by atoms with Gasteiger partial charge in [0.2, 0.25) is 9.84 Å². The van der Waals surface area contributed by atoms with Gasteiger partial charge in [0.05, 0.1) is 30.2 Å². The SMILES string of the molecule is COc1cccc(C(=O)Oc2ccc(OC(=O)c3cccc(OC)c3)c(S(=O)(=O)c3ccc4ccccc4c3)c2)c1. The molecule has 9 heteroatoms. The lowest BCUT2D eigenvalue weighted by Gasteiger charge is -2.14. The van der Waals surface area contributed by atoms with Crippen LogP contribution < -0.4 is 18.9 Å². The maximum Gasteiger partial charge on any atom is 0.343 e. The Kier molecular flexibility index (Phi) is 7.71. The molecule has 0 atom stereocenters. The molecule has 0 N–H and O–H groups in total. The van der Waals surface area contributed by atoms with E-state index in [9.17, 15) is 18.0 Å². The number of carbonyl (C=O) groups excluding carboxylic acids is 2. The molecule has 0 aliphatic carbocycles. The molecule has 206 valence electrons. The van der Waals surface area contributed by atoms with E-state index in [2.05, 4.69) is 0 Å². The summed E-state index contributed by atoms with van der Waals surface area (Å²) in [4.78, 5) is 25.5. The summed E-state index contributed by atoms with van der Waals surface area (Å²) in [5.74, 6) is -0.910. The summed E-state index contributed by atoms with van der Waals surface area (Å²) in [5, 5.41) is 1.57. The second-order valence-electron chi connectivity index (χ2n) is 8.86. The fourth-order valence-electron chi connectivity index (χ4n) is 4.13. The van der Waals surface area contributed by atoms with Gasteiger partial charge in [0.1, 0.15) is 22.1 Å². The Morgan fingerprint density at radius 1 is 0.561 bits per heavy atom. The van der Waals surface area contributed by atoms with Crippen LogP contribution in [0.25, 0.3) is 10.8 Å². The van der Waals surface area contributed by atoms with Crippen molar-refractivity contribution in [2.45, 2.75) is 9.79 Å². The van der Waals surface area contributed by atoms with Crippen LogP contribution in [0.3, 0.4) is 0 Å². The summed E-state index contributed by atoms with van der Waals surface area (Å²) in [6, 6.07) is 28.4. The lowest BCUT2D eigenvalue weighted by atomic mass is 10.1. The second kappa shape index (κ2) is 11.5. The van der Waals surface area contributed by atoms with Gasteiger partial charge in [-0.1, -0.05) is 42.5 Å². The smallest absolute Gasteiger partial charge is 0.343 e. The Morgan fingerprint density at radius 2 is 1.17 bits per heavy atom. The van der Waals surface area contributed by atoms with Crippen LogP contribution in [0.5, 0.6) is 23.0 Å². The van der Waals surface area contributed by atoms with Gasteiger partial charge in [0.25, 0.3) is 0 Å². The molecule has 0 radical (unpaired) electrons. The number of hydrogen-bond acceptors (Lipinski definition) is 8. The molecular formula is C32H24O8S. The van der Waals surface area contributed by atoms with Gasteiger partial charge in [-0.15, -0.1) is 0 Å². The molecule has 5 rings (SSSR count). The summed E-state index contributed by atoms with van der Waals surface area (Å²) in [6.07, 6.45) is 0. The number of methoxy groups -OCH3 is 2. The average molecular weight is 569 g/mol. The molecule has 5 aromatic rings. The molecule has 0 aliphatic rings. The van der Waals surface area contributed by atoms with Crippen LogP contribution in [-0.2, 0) is 9.84 Å². The minimum atomic E-state index is -4.25. The summed E-state index contributed by atoms with van der Waals surface area (Å²) >= 11 is 0. The van der Waals surface area contributed by atoms with Crippen molar-refractivity contribution in [1.82, 2.24) is 0 Å². The molecule has 41 heavy (non-hydrogen) atoms. The molecule has 0 heterocycles. The first-order valence-electron chi connectivity index (χ1n) is 12.4. The Morgan fingerprint density at radius 3 is 1.80 bits per heavy atom. The van der Waals surface area contributed by atoms with Gasteiger partial charge in [-0.3, -0.25) is 0 Å². The number of ether oxygens (including phenoxy) is 4. The third-order valence-electron chi connectivity index (χ3n) is 6.26. The second-order valence-corrected chi connectivity index (χ2v) is 10.8. The number of carbonyl (C=O) groups is 2. The van der Waals surface area contributed by atoms with Crippen molar-refractivity contribution < 1.29 is 37.0 Å². The summed E-state index contributed by atoms with van der Waals surface area (Å²) in [5.41, 5.74) is 0.365. The zero-order valence-electron chi connectivity index (χ0n) is 22.1. The van der Waals surface area contributed by atoms with Crippen LogP contribution in [0.1, 0.15) is 20.7 Å².